The van der Waals surface area contributed by atoms with Crippen molar-refractivity contribution in [3.05, 3.63) is 68.0 Å². The van der Waals surface area contributed by atoms with E-state index in [1.807, 2.05) is 35.7 Å². The number of Topliss-reactive ketones (excluding diaryl/α,β-unsaturated/α-hetero) is 1. The minimum atomic E-state index is -0.743. The molecule has 7 nitrogen and oxygen atoms in total. The van der Waals surface area contributed by atoms with Crippen molar-refractivity contribution < 1.29 is 19.2 Å². The fourth-order valence-corrected chi connectivity index (χ4v) is 5.26. The van der Waals surface area contributed by atoms with Gasteiger partial charge in [-0.15, -0.1) is 22.7 Å². The van der Waals surface area contributed by atoms with E-state index < -0.39 is 11.8 Å². The fourth-order valence-electron chi connectivity index (χ4n) is 3.69. The third-order valence-electron chi connectivity index (χ3n) is 5.30. The molecule has 9 heteroatoms. The summed E-state index contributed by atoms with van der Waals surface area (Å²) in [5, 5.41) is 7.13. The van der Waals surface area contributed by atoms with Gasteiger partial charge in [-0.05, 0) is 73.5 Å². The van der Waals surface area contributed by atoms with Crippen molar-refractivity contribution in [1.29, 1.82) is 0 Å². The first kappa shape index (κ1) is 22.9. The molecule has 1 aliphatic rings. The molecule has 33 heavy (non-hydrogen) atoms. The Morgan fingerprint density at radius 1 is 1.03 bits per heavy atom. The average molecular weight is 482 g/mol. The number of carbonyl (C=O) groups is 4. The highest BCUT2D eigenvalue weighted by Gasteiger charge is 2.25. The number of anilines is 2. The van der Waals surface area contributed by atoms with Crippen LogP contribution in [0, 0.1) is 0 Å². The van der Waals surface area contributed by atoms with Gasteiger partial charge in [-0.1, -0.05) is 6.07 Å². The van der Waals surface area contributed by atoms with E-state index >= 15 is 0 Å². The third-order valence-corrected chi connectivity index (χ3v) is 7.41. The van der Waals surface area contributed by atoms with Crippen LogP contribution in [0.3, 0.4) is 0 Å². The van der Waals surface area contributed by atoms with Gasteiger partial charge in [-0.2, -0.15) is 0 Å². The second kappa shape index (κ2) is 10.1. The molecule has 0 saturated carbocycles. The number of benzene rings is 1. The van der Waals surface area contributed by atoms with Crippen molar-refractivity contribution in [3.8, 4) is 0 Å². The molecular formula is C24H23N3O4S2. The number of fused-ring (bicyclic) bond motifs is 1. The van der Waals surface area contributed by atoms with Crippen LogP contribution in [0.1, 0.15) is 43.1 Å². The molecular weight excluding hydrogens is 458 g/mol. The monoisotopic (exact) mass is 481 g/mol. The van der Waals surface area contributed by atoms with Gasteiger partial charge in [0.15, 0.2) is 5.78 Å². The molecule has 2 N–H and O–H groups in total. The van der Waals surface area contributed by atoms with Crippen LogP contribution < -0.4 is 15.5 Å². The van der Waals surface area contributed by atoms with E-state index in [1.54, 1.807) is 17.0 Å². The number of thiophene rings is 2. The number of rotatable bonds is 6. The number of aryl methyl sites for hydroxylation is 1. The van der Waals surface area contributed by atoms with Gasteiger partial charge in [0.25, 0.3) is 5.91 Å². The Balaban J connectivity index is 1.34. The Morgan fingerprint density at radius 2 is 1.88 bits per heavy atom. The minimum absolute atomic E-state index is 0.0127. The maximum atomic E-state index is 12.8. The third kappa shape index (κ3) is 5.37. The van der Waals surface area contributed by atoms with Crippen molar-refractivity contribution in [2.24, 2.45) is 0 Å². The Kier molecular flexibility index (Phi) is 7.00. The number of ketones is 1. The van der Waals surface area contributed by atoms with Gasteiger partial charge in [-0.25, -0.2) is 0 Å². The zero-order valence-corrected chi connectivity index (χ0v) is 19.7. The number of hydrogen-bond donors (Lipinski definition) is 2. The molecule has 0 atom stereocenters. The summed E-state index contributed by atoms with van der Waals surface area (Å²) in [5.41, 5.74) is 2.31. The lowest BCUT2D eigenvalue weighted by atomic mass is 10.0. The number of hydrogen-bond acceptors (Lipinski definition) is 6. The van der Waals surface area contributed by atoms with E-state index in [2.05, 4.69) is 10.6 Å². The van der Waals surface area contributed by atoms with Gasteiger partial charge < -0.3 is 15.5 Å². The molecule has 3 amide bonds. The molecule has 0 fully saturated rings. The van der Waals surface area contributed by atoms with Gasteiger partial charge >= 0.3 is 11.8 Å². The summed E-state index contributed by atoms with van der Waals surface area (Å²) < 4.78 is 0. The predicted molar refractivity (Wildman–Crippen MR) is 130 cm³/mol. The summed E-state index contributed by atoms with van der Waals surface area (Å²) in [7, 11) is 0. The SMILES string of the molecule is CC(=O)c1ccc(CCNC(=O)C(=O)Nc2ccc3c(c2)CCCN3C(=O)c2cccs2)s1. The fraction of sp³-hybridized carbons (Fsp3) is 0.250. The quantitative estimate of drug-likeness (QED) is 0.412. The topological polar surface area (TPSA) is 95.6 Å². The van der Waals surface area contributed by atoms with Gasteiger partial charge in [0.2, 0.25) is 0 Å². The minimum Gasteiger partial charge on any atom is -0.347 e. The number of carbonyl (C=O) groups excluding carboxylic acids is 4. The molecule has 2 aromatic heterocycles. The van der Waals surface area contributed by atoms with Crippen molar-refractivity contribution in [2.45, 2.75) is 26.2 Å². The smallest absolute Gasteiger partial charge is 0.313 e. The van der Waals surface area contributed by atoms with Crippen LogP contribution in [0.15, 0.2) is 47.8 Å². The largest absolute Gasteiger partial charge is 0.347 e. The molecule has 1 aliphatic heterocycles. The molecule has 0 aliphatic carbocycles. The molecule has 3 aromatic rings. The summed E-state index contributed by atoms with van der Waals surface area (Å²) in [6, 6.07) is 12.6. The lowest BCUT2D eigenvalue weighted by molar-refractivity contribution is -0.136. The summed E-state index contributed by atoms with van der Waals surface area (Å²) in [6.07, 6.45) is 2.17. The second-order valence-electron chi connectivity index (χ2n) is 7.66. The van der Waals surface area contributed by atoms with E-state index in [-0.39, 0.29) is 11.7 Å². The zero-order valence-electron chi connectivity index (χ0n) is 18.1. The summed E-state index contributed by atoms with van der Waals surface area (Å²) in [6.45, 7) is 2.46. The van der Waals surface area contributed by atoms with Crippen molar-refractivity contribution in [2.75, 3.05) is 23.3 Å². The highest BCUT2D eigenvalue weighted by atomic mass is 32.1. The van der Waals surface area contributed by atoms with E-state index in [9.17, 15) is 19.2 Å². The first-order valence-electron chi connectivity index (χ1n) is 10.6. The number of amides is 3. The highest BCUT2D eigenvalue weighted by Crippen LogP contribution is 2.31. The van der Waals surface area contributed by atoms with E-state index in [0.717, 1.165) is 29.0 Å². The first-order valence-corrected chi connectivity index (χ1v) is 12.3. The van der Waals surface area contributed by atoms with Crippen LogP contribution in [0.4, 0.5) is 11.4 Å². The molecule has 4 rings (SSSR count). The van der Waals surface area contributed by atoms with E-state index in [0.29, 0.717) is 35.0 Å². The van der Waals surface area contributed by atoms with Crippen LogP contribution in [-0.2, 0) is 22.4 Å². The first-order chi connectivity index (χ1) is 15.9. The Labute approximate surface area is 199 Å². The molecule has 170 valence electrons. The summed E-state index contributed by atoms with van der Waals surface area (Å²) >= 11 is 2.80. The van der Waals surface area contributed by atoms with Crippen LogP contribution in [0.2, 0.25) is 0 Å². The standard InChI is InChI=1S/C24H23N3O4S2/c1-15(28)20-9-7-18(33-20)10-11-25-22(29)23(30)26-17-6-8-19-16(14-17)4-2-12-27(19)24(31)21-5-3-13-32-21/h3,5-9,13-14H,2,4,10-12H2,1H3,(H,25,29)(H,26,30). The average Bonchev–Trinajstić information content (AvgIpc) is 3.50. The highest BCUT2D eigenvalue weighted by molar-refractivity contribution is 7.14. The van der Waals surface area contributed by atoms with E-state index in [4.69, 9.17) is 0 Å². The Bertz CT molecular complexity index is 1200. The lowest BCUT2D eigenvalue weighted by Gasteiger charge is -2.29. The maximum Gasteiger partial charge on any atom is 0.313 e. The van der Waals surface area contributed by atoms with Crippen molar-refractivity contribution >= 4 is 57.6 Å². The van der Waals surface area contributed by atoms with Gasteiger partial charge in [0.1, 0.15) is 0 Å². The van der Waals surface area contributed by atoms with E-state index in [1.165, 1.54) is 29.6 Å². The molecule has 0 unspecified atom stereocenters. The second-order valence-corrected chi connectivity index (χ2v) is 9.78. The molecule has 0 bridgehead atoms. The van der Waals surface area contributed by atoms with Crippen molar-refractivity contribution in [3.63, 3.8) is 0 Å². The maximum absolute atomic E-state index is 12.8. The zero-order chi connectivity index (χ0) is 23.4. The van der Waals surface area contributed by atoms with Gasteiger partial charge in [0.05, 0.1) is 9.75 Å². The van der Waals surface area contributed by atoms with Crippen LogP contribution in [0.5, 0.6) is 0 Å². The normalized spacial score (nSPS) is 12.7. The van der Waals surface area contributed by atoms with Crippen LogP contribution in [-0.4, -0.2) is 36.6 Å². The summed E-state index contributed by atoms with van der Waals surface area (Å²) in [4.78, 5) is 52.8. The van der Waals surface area contributed by atoms with Gasteiger partial charge in [-0.3, -0.25) is 19.2 Å². The molecule has 0 spiro atoms. The lowest BCUT2D eigenvalue weighted by Crippen LogP contribution is -2.37. The van der Waals surface area contributed by atoms with Crippen LogP contribution >= 0.6 is 22.7 Å². The number of nitrogens with zero attached hydrogens (tertiary/aromatic N) is 1. The molecule has 0 radical (unpaired) electrons. The Morgan fingerprint density at radius 3 is 2.61 bits per heavy atom. The number of nitrogens with one attached hydrogen (secondary N) is 2. The van der Waals surface area contributed by atoms with Gasteiger partial charge in [0, 0.05) is 29.3 Å². The Hall–Kier alpha value is -3.30. The van der Waals surface area contributed by atoms with Crippen LogP contribution in [0.25, 0.3) is 0 Å². The molecule has 3 heterocycles. The predicted octanol–water partition coefficient (Wildman–Crippen LogP) is 3.90. The van der Waals surface area contributed by atoms with Crippen molar-refractivity contribution in [1.82, 2.24) is 5.32 Å². The molecule has 1 aromatic carbocycles. The molecule has 0 saturated heterocycles. The summed E-state index contributed by atoms with van der Waals surface area (Å²) in [5.74, 6) is -1.47.